The first-order valence-electron chi connectivity index (χ1n) is 6.36. The summed E-state index contributed by atoms with van der Waals surface area (Å²) in [6, 6.07) is 2.67. The smallest absolute Gasteiger partial charge is 0.274 e. The summed E-state index contributed by atoms with van der Waals surface area (Å²) in [5.41, 5.74) is -0.0259. The third-order valence-corrected chi connectivity index (χ3v) is 2.96. The summed E-state index contributed by atoms with van der Waals surface area (Å²) in [6.45, 7) is 2.78. The van der Waals surface area contributed by atoms with Crippen molar-refractivity contribution in [3.8, 4) is 0 Å². The highest BCUT2D eigenvalue weighted by Gasteiger charge is 2.16. The molecular weight excluding hydrogens is 264 g/mol. The van der Waals surface area contributed by atoms with Gasteiger partial charge in [-0.1, -0.05) is 0 Å². The number of anilines is 1. The minimum absolute atomic E-state index is 0.0259. The van der Waals surface area contributed by atoms with Gasteiger partial charge in [-0.15, -0.1) is 0 Å². The zero-order valence-corrected chi connectivity index (χ0v) is 10.9. The summed E-state index contributed by atoms with van der Waals surface area (Å²) >= 11 is 0. The van der Waals surface area contributed by atoms with Crippen LogP contribution in [-0.4, -0.2) is 53.6 Å². The number of hydrogen-bond donors (Lipinski definition) is 1. The van der Waals surface area contributed by atoms with Crippen molar-refractivity contribution in [3.63, 3.8) is 0 Å². The van der Waals surface area contributed by atoms with Gasteiger partial charge >= 0.3 is 0 Å². The lowest BCUT2D eigenvalue weighted by molar-refractivity contribution is -0.384. The van der Waals surface area contributed by atoms with Gasteiger partial charge in [0.15, 0.2) is 0 Å². The van der Waals surface area contributed by atoms with Crippen LogP contribution in [0, 0.1) is 10.1 Å². The number of pyridine rings is 1. The van der Waals surface area contributed by atoms with E-state index in [4.69, 9.17) is 4.74 Å². The van der Waals surface area contributed by atoms with E-state index in [1.807, 2.05) is 0 Å². The molecule has 1 fully saturated rings. The van der Waals surface area contributed by atoms with Crippen molar-refractivity contribution in [2.75, 3.05) is 38.2 Å². The molecule has 0 atom stereocenters. The second kappa shape index (κ2) is 6.80. The van der Waals surface area contributed by atoms with Gasteiger partial charge in [-0.3, -0.25) is 14.9 Å². The van der Waals surface area contributed by atoms with Crippen molar-refractivity contribution < 1.29 is 14.5 Å². The lowest BCUT2D eigenvalue weighted by Gasteiger charge is -2.26. The van der Waals surface area contributed by atoms with E-state index in [9.17, 15) is 14.9 Å². The molecule has 1 N–H and O–H groups in total. The third kappa shape index (κ3) is 3.89. The number of rotatable bonds is 5. The van der Waals surface area contributed by atoms with Gasteiger partial charge in [0.25, 0.3) is 5.69 Å². The van der Waals surface area contributed by atoms with Crippen LogP contribution in [0.2, 0.25) is 0 Å². The van der Waals surface area contributed by atoms with Gasteiger partial charge in [0.1, 0.15) is 5.82 Å². The summed E-state index contributed by atoms with van der Waals surface area (Å²) in [6.07, 6.45) is 1.69. The van der Waals surface area contributed by atoms with Gasteiger partial charge in [0.05, 0.1) is 24.2 Å². The second-order valence-corrected chi connectivity index (χ2v) is 4.33. The van der Waals surface area contributed by atoms with Gasteiger partial charge in [-0.25, -0.2) is 4.98 Å². The zero-order valence-electron chi connectivity index (χ0n) is 10.9. The summed E-state index contributed by atoms with van der Waals surface area (Å²) in [7, 11) is 0. The first kappa shape index (κ1) is 14.2. The zero-order chi connectivity index (χ0) is 14.4. The van der Waals surface area contributed by atoms with Gasteiger partial charge in [0.2, 0.25) is 5.91 Å². The molecule has 0 aliphatic carbocycles. The molecule has 1 amide bonds. The predicted molar refractivity (Wildman–Crippen MR) is 71.4 cm³/mol. The molecule has 0 bridgehead atoms. The number of hydrogen-bond acceptors (Lipinski definition) is 6. The standard InChI is InChI=1S/C12H16N4O4/c17-12(15-5-7-20-8-6-15)2-4-14-11-9-10(16(18)19)1-3-13-11/h1,3,9H,2,4-8H2,(H,13,14). The molecule has 1 aliphatic heterocycles. The van der Waals surface area contributed by atoms with Crippen molar-refractivity contribution >= 4 is 17.4 Å². The number of carbonyl (C=O) groups excluding carboxylic acids is 1. The lowest BCUT2D eigenvalue weighted by Crippen LogP contribution is -2.41. The molecule has 0 spiro atoms. The topological polar surface area (TPSA) is 97.6 Å². The third-order valence-electron chi connectivity index (χ3n) is 2.96. The molecule has 0 radical (unpaired) electrons. The molecule has 0 aromatic carbocycles. The van der Waals surface area contributed by atoms with Crippen molar-refractivity contribution in [1.29, 1.82) is 0 Å². The number of nitro groups is 1. The minimum atomic E-state index is -0.480. The van der Waals surface area contributed by atoms with Gasteiger partial charge < -0.3 is 15.0 Å². The molecule has 20 heavy (non-hydrogen) atoms. The summed E-state index contributed by atoms with van der Waals surface area (Å²) in [4.78, 5) is 27.7. The highest BCUT2D eigenvalue weighted by atomic mass is 16.6. The summed E-state index contributed by atoms with van der Waals surface area (Å²) < 4.78 is 5.18. The maximum atomic E-state index is 11.9. The van der Waals surface area contributed by atoms with Gasteiger partial charge in [0, 0.05) is 38.3 Å². The summed E-state index contributed by atoms with van der Waals surface area (Å²) in [5.74, 6) is 0.445. The Kier molecular flexibility index (Phi) is 4.83. The van der Waals surface area contributed by atoms with Crippen LogP contribution in [0.3, 0.4) is 0 Å². The quantitative estimate of drug-likeness (QED) is 0.628. The minimum Gasteiger partial charge on any atom is -0.378 e. The highest BCUT2D eigenvalue weighted by Crippen LogP contribution is 2.14. The number of nitrogens with zero attached hydrogens (tertiary/aromatic N) is 3. The monoisotopic (exact) mass is 280 g/mol. The van der Waals surface area contributed by atoms with Gasteiger partial charge in [-0.05, 0) is 0 Å². The Morgan fingerprint density at radius 2 is 2.25 bits per heavy atom. The normalized spacial score (nSPS) is 14.9. The molecule has 2 heterocycles. The van der Waals surface area contributed by atoms with Crippen LogP contribution in [0.15, 0.2) is 18.3 Å². The fourth-order valence-electron chi connectivity index (χ4n) is 1.90. The summed E-state index contributed by atoms with van der Waals surface area (Å²) in [5, 5.41) is 13.5. The molecule has 1 aromatic heterocycles. The molecule has 8 nitrogen and oxygen atoms in total. The van der Waals surface area contributed by atoms with Crippen LogP contribution in [0.4, 0.5) is 11.5 Å². The van der Waals surface area contributed by atoms with E-state index < -0.39 is 4.92 Å². The second-order valence-electron chi connectivity index (χ2n) is 4.33. The first-order chi connectivity index (χ1) is 9.66. The Labute approximate surface area is 115 Å². The Hall–Kier alpha value is -2.22. The maximum absolute atomic E-state index is 11.9. The van der Waals surface area contributed by atoms with E-state index in [1.54, 1.807) is 4.90 Å². The molecule has 2 rings (SSSR count). The van der Waals surface area contributed by atoms with Crippen LogP contribution in [-0.2, 0) is 9.53 Å². The number of nitrogens with one attached hydrogen (secondary N) is 1. The average Bonchev–Trinajstić information content (AvgIpc) is 2.48. The van der Waals surface area contributed by atoms with E-state index in [1.165, 1.54) is 18.3 Å². The van der Waals surface area contributed by atoms with Crippen molar-refractivity contribution in [1.82, 2.24) is 9.88 Å². The largest absolute Gasteiger partial charge is 0.378 e. The maximum Gasteiger partial charge on any atom is 0.274 e. The van der Waals surface area contributed by atoms with E-state index >= 15 is 0 Å². The molecule has 108 valence electrons. The SMILES string of the molecule is O=C(CCNc1cc([N+](=O)[O-])ccn1)N1CCOCC1. The molecule has 0 unspecified atom stereocenters. The molecular formula is C12H16N4O4. The van der Waals surface area contributed by atoms with Crippen LogP contribution in [0.25, 0.3) is 0 Å². The van der Waals surface area contributed by atoms with Crippen LogP contribution in [0.1, 0.15) is 6.42 Å². The number of amides is 1. The fourth-order valence-corrected chi connectivity index (χ4v) is 1.90. The molecule has 1 aromatic rings. The predicted octanol–water partition coefficient (Wildman–Crippen LogP) is 0.651. The number of ether oxygens (including phenoxy) is 1. The Morgan fingerprint density at radius 3 is 2.95 bits per heavy atom. The highest BCUT2D eigenvalue weighted by molar-refractivity contribution is 5.76. The van der Waals surface area contributed by atoms with Crippen molar-refractivity contribution in [3.05, 3.63) is 28.4 Å². The number of carbonyl (C=O) groups is 1. The van der Waals surface area contributed by atoms with E-state index in [-0.39, 0.29) is 11.6 Å². The average molecular weight is 280 g/mol. The first-order valence-corrected chi connectivity index (χ1v) is 6.36. The van der Waals surface area contributed by atoms with Crippen LogP contribution < -0.4 is 5.32 Å². The van der Waals surface area contributed by atoms with Crippen molar-refractivity contribution in [2.45, 2.75) is 6.42 Å². The fraction of sp³-hybridized carbons (Fsp3) is 0.500. The lowest BCUT2D eigenvalue weighted by atomic mass is 10.3. The van der Waals surface area contributed by atoms with E-state index in [0.717, 1.165) is 0 Å². The van der Waals surface area contributed by atoms with E-state index in [2.05, 4.69) is 10.3 Å². The Morgan fingerprint density at radius 1 is 1.50 bits per heavy atom. The molecule has 8 heteroatoms. The Balaban J connectivity index is 1.79. The molecule has 1 saturated heterocycles. The van der Waals surface area contributed by atoms with Crippen molar-refractivity contribution in [2.24, 2.45) is 0 Å². The van der Waals surface area contributed by atoms with Gasteiger partial charge in [-0.2, -0.15) is 0 Å². The number of morpholine rings is 1. The van der Waals surface area contributed by atoms with Crippen LogP contribution >= 0.6 is 0 Å². The molecule has 1 aliphatic rings. The van der Waals surface area contributed by atoms with Crippen LogP contribution in [0.5, 0.6) is 0 Å². The number of aromatic nitrogens is 1. The molecule has 0 saturated carbocycles. The van der Waals surface area contributed by atoms with E-state index in [0.29, 0.717) is 45.1 Å². The Bertz CT molecular complexity index is 488.